The van der Waals surface area contributed by atoms with Crippen LogP contribution in [0.4, 0.5) is 0 Å². The maximum Gasteiger partial charge on any atom is 0.232 e. The number of aromatic nitrogens is 2. The van der Waals surface area contributed by atoms with Crippen LogP contribution < -0.4 is 0 Å². The molecule has 2 aromatic rings. The lowest BCUT2D eigenvalue weighted by Gasteiger charge is -2.36. The molecule has 0 bridgehead atoms. The molecule has 1 amide bonds. The summed E-state index contributed by atoms with van der Waals surface area (Å²) >= 11 is 0. The van der Waals surface area contributed by atoms with Gasteiger partial charge in [0, 0.05) is 43.7 Å². The van der Waals surface area contributed by atoms with Crippen molar-refractivity contribution in [2.75, 3.05) is 26.3 Å². The van der Waals surface area contributed by atoms with Crippen LogP contribution in [0.2, 0.25) is 0 Å². The summed E-state index contributed by atoms with van der Waals surface area (Å²) in [7, 11) is 0. The first-order valence-corrected chi connectivity index (χ1v) is 9.46. The molecule has 138 valence electrons. The zero-order chi connectivity index (χ0) is 18.0. The Morgan fingerprint density at radius 1 is 1.27 bits per heavy atom. The summed E-state index contributed by atoms with van der Waals surface area (Å²) in [5, 5.41) is 4.19. The fourth-order valence-electron chi connectivity index (χ4n) is 4.24. The minimum Gasteiger partial charge on any atom is -0.381 e. The van der Waals surface area contributed by atoms with Gasteiger partial charge in [0.2, 0.25) is 17.6 Å². The molecule has 26 heavy (non-hydrogen) atoms. The number of carbonyl (C=O) groups is 1. The predicted molar refractivity (Wildman–Crippen MR) is 96.4 cm³/mol. The summed E-state index contributed by atoms with van der Waals surface area (Å²) in [4.78, 5) is 19.2. The van der Waals surface area contributed by atoms with Crippen molar-refractivity contribution in [1.82, 2.24) is 15.0 Å². The number of amides is 1. The van der Waals surface area contributed by atoms with Crippen molar-refractivity contribution >= 4 is 5.91 Å². The number of nitrogens with zero attached hydrogens (tertiary/aromatic N) is 3. The van der Waals surface area contributed by atoms with Crippen LogP contribution in [0.5, 0.6) is 0 Å². The number of rotatable bonds is 4. The van der Waals surface area contributed by atoms with E-state index in [0.717, 1.165) is 44.6 Å². The number of ether oxygens (including phenoxy) is 1. The van der Waals surface area contributed by atoms with E-state index in [4.69, 9.17) is 14.2 Å². The average Bonchev–Trinajstić information content (AvgIpc) is 3.29. The Bertz CT molecular complexity index is 753. The van der Waals surface area contributed by atoms with Crippen LogP contribution in [-0.2, 0) is 9.53 Å². The van der Waals surface area contributed by atoms with Gasteiger partial charge in [-0.05, 0) is 19.3 Å². The third-order valence-electron chi connectivity index (χ3n) is 5.72. The summed E-state index contributed by atoms with van der Waals surface area (Å²) in [5.74, 6) is 1.57. The second-order valence-electron chi connectivity index (χ2n) is 7.37. The first kappa shape index (κ1) is 17.2. The van der Waals surface area contributed by atoms with E-state index in [1.807, 2.05) is 42.2 Å². The predicted octanol–water partition coefficient (Wildman–Crippen LogP) is 3.26. The van der Waals surface area contributed by atoms with Gasteiger partial charge in [-0.1, -0.05) is 42.4 Å². The Balaban J connectivity index is 1.62. The molecule has 2 saturated heterocycles. The molecule has 1 spiro atoms. The van der Waals surface area contributed by atoms with Gasteiger partial charge < -0.3 is 14.2 Å². The fraction of sp³-hybridized carbons (Fsp3) is 0.550. The van der Waals surface area contributed by atoms with Gasteiger partial charge in [-0.2, -0.15) is 4.98 Å². The molecule has 3 heterocycles. The van der Waals surface area contributed by atoms with Gasteiger partial charge in [0.25, 0.3) is 0 Å². The average molecular weight is 355 g/mol. The zero-order valence-electron chi connectivity index (χ0n) is 15.2. The van der Waals surface area contributed by atoms with Crippen LogP contribution in [0.25, 0.3) is 11.4 Å². The Morgan fingerprint density at radius 3 is 2.77 bits per heavy atom. The number of hydrogen-bond acceptors (Lipinski definition) is 5. The highest BCUT2D eigenvalue weighted by Crippen LogP contribution is 2.49. The molecule has 2 aliphatic heterocycles. The lowest BCUT2D eigenvalue weighted by atomic mass is 9.72. The standard InChI is InChI=1S/C20H25N3O3/c1-2-6-17(24)23-13-16(20(14-23)9-11-25-12-10-20)19-21-18(22-26-19)15-7-4-3-5-8-15/h3-5,7-8,16H,2,6,9-14H2,1H3. The van der Waals surface area contributed by atoms with Crippen molar-refractivity contribution in [3.8, 4) is 11.4 Å². The Morgan fingerprint density at radius 2 is 2.04 bits per heavy atom. The van der Waals surface area contributed by atoms with E-state index in [0.29, 0.717) is 24.7 Å². The summed E-state index contributed by atoms with van der Waals surface area (Å²) in [6, 6.07) is 9.85. The molecule has 6 heteroatoms. The first-order chi connectivity index (χ1) is 12.7. The largest absolute Gasteiger partial charge is 0.381 e. The molecular formula is C20H25N3O3. The van der Waals surface area contributed by atoms with E-state index in [2.05, 4.69) is 5.16 Å². The highest BCUT2D eigenvalue weighted by atomic mass is 16.5. The second kappa shape index (κ2) is 7.19. The summed E-state index contributed by atoms with van der Waals surface area (Å²) in [6.07, 6.45) is 3.32. The summed E-state index contributed by atoms with van der Waals surface area (Å²) in [5.41, 5.74) is 0.933. The Hall–Kier alpha value is -2.21. The van der Waals surface area contributed by atoms with E-state index < -0.39 is 0 Å². The molecule has 4 rings (SSSR count). The molecule has 0 N–H and O–H groups in total. The number of likely N-dealkylation sites (tertiary alicyclic amines) is 1. The van der Waals surface area contributed by atoms with Crippen molar-refractivity contribution in [2.24, 2.45) is 5.41 Å². The lowest BCUT2D eigenvalue weighted by Crippen LogP contribution is -2.37. The molecule has 0 aliphatic carbocycles. The van der Waals surface area contributed by atoms with Gasteiger partial charge in [0.15, 0.2) is 0 Å². The Kier molecular flexibility index (Phi) is 4.76. The SMILES string of the molecule is CCCC(=O)N1CC(c2nc(-c3ccccc3)no2)C2(CCOCC2)C1. The molecule has 0 radical (unpaired) electrons. The van der Waals surface area contributed by atoms with E-state index in [1.165, 1.54) is 0 Å². The van der Waals surface area contributed by atoms with Crippen LogP contribution in [0.3, 0.4) is 0 Å². The summed E-state index contributed by atoms with van der Waals surface area (Å²) in [6.45, 7) is 4.93. The topological polar surface area (TPSA) is 68.5 Å². The first-order valence-electron chi connectivity index (χ1n) is 9.46. The van der Waals surface area contributed by atoms with Crippen molar-refractivity contribution in [3.63, 3.8) is 0 Å². The Labute approximate surface area is 153 Å². The molecule has 0 saturated carbocycles. The van der Waals surface area contributed by atoms with Gasteiger partial charge in [0.1, 0.15) is 0 Å². The molecule has 2 aliphatic rings. The van der Waals surface area contributed by atoms with Gasteiger partial charge in [-0.3, -0.25) is 4.79 Å². The minimum absolute atomic E-state index is 0.0118. The molecule has 6 nitrogen and oxygen atoms in total. The van der Waals surface area contributed by atoms with Crippen LogP contribution in [-0.4, -0.2) is 47.3 Å². The summed E-state index contributed by atoms with van der Waals surface area (Å²) < 4.78 is 11.3. The molecule has 1 unspecified atom stereocenters. The third kappa shape index (κ3) is 3.14. The molecular weight excluding hydrogens is 330 g/mol. The fourth-order valence-corrected chi connectivity index (χ4v) is 4.24. The van der Waals surface area contributed by atoms with E-state index >= 15 is 0 Å². The van der Waals surface area contributed by atoms with E-state index in [-0.39, 0.29) is 17.2 Å². The maximum atomic E-state index is 12.5. The molecule has 1 aromatic carbocycles. The third-order valence-corrected chi connectivity index (χ3v) is 5.72. The van der Waals surface area contributed by atoms with Gasteiger partial charge >= 0.3 is 0 Å². The molecule has 1 aromatic heterocycles. The van der Waals surface area contributed by atoms with Crippen LogP contribution in [0.1, 0.15) is 44.4 Å². The molecule has 2 fully saturated rings. The highest BCUT2D eigenvalue weighted by Gasteiger charge is 2.51. The molecule has 1 atom stereocenters. The van der Waals surface area contributed by atoms with Gasteiger partial charge in [0.05, 0.1) is 5.92 Å². The van der Waals surface area contributed by atoms with Gasteiger partial charge in [-0.15, -0.1) is 0 Å². The number of carbonyl (C=O) groups excluding carboxylic acids is 1. The second-order valence-corrected chi connectivity index (χ2v) is 7.37. The van der Waals surface area contributed by atoms with Crippen molar-refractivity contribution in [1.29, 1.82) is 0 Å². The quantitative estimate of drug-likeness (QED) is 0.842. The normalized spacial score (nSPS) is 22.0. The maximum absolute atomic E-state index is 12.5. The van der Waals surface area contributed by atoms with E-state index in [9.17, 15) is 4.79 Å². The van der Waals surface area contributed by atoms with Crippen molar-refractivity contribution < 1.29 is 14.1 Å². The van der Waals surface area contributed by atoms with Gasteiger partial charge in [-0.25, -0.2) is 0 Å². The highest BCUT2D eigenvalue weighted by molar-refractivity contribution is 5.76. The lowest BCUT2D eigenvalue weighted by molar-refractivity contribution is -0.130. The van der Waals surface area contributed by atoms with Crippen molar-refractivity contribution in [2.45, 2.75) is 38.5 Å². The van der Waals surface area contributed by atoms with Crippen LogP contribution in [0, 0.1) is 5.41 Å². The number of benzene rings is 1. The van der Waals surface area contributed by atoms with Crippen LogP contribution in [0.15, 0.2) is 34.9 Å². The smallest absolute Gasteiger partial charge is 0.232 e. The van der Waals surface area contributed by atoms with Crippen LogP contribution >= 0.6 is 0 Å². The van der Waals surface area contributed by atoms with E-state index in [1.54, 1.807) is 0 Å². The zero-order valence-corrected chi connectivity index (χ0v) is 15.2. The number of hydrogen-bond donors (Lipinski definition) is 0. The monoisotopic (exact) mass is 355 g/mol. The minimum atomic E-state index is -0.0118. The van der Waals surface area contributed by atoms with Crippen molar-refractivity contribution in [3.05, 3.63) is 36.2 Å².